The van der Waals surface area contributed by atoms with Gasteiger partial charge in [0.1, 0.15) is 31.3 Å². The molecule has 0 fully saturated rings. The van der Waals surface area contributed by atoms with Crippen molar-refractivity contribution >= 4 is 23.7 Å². The number of nitrogens with one attached hydrogen (secondary N) is 2. The molecule has 48 heavy (non-hydrogen) atoms. The first-order chi connectivity index (χ1) is 23.0. The number of carbonyl (C=O) groups excluding carboxylic acids is 3. The molecule has 2 amide bonds. The van der Waals surface area contributed by atoms with Crippen LogP contribution in [0.5, 0.6) is 0 Å². The van der Waals surface area contributed by atoms with Gasteiger partial charge in [-0.15, -0.1) is 0 Å². The summed E-state index contributed by atoms with van der Waals surface area (Å²) in [6, 6.07) is 20.5. The number of aromatic nitrogens is 2. The molecule has 1 heterocycles. The molecule has 14 heteroatoms. The molecule has 4 rings (SSSR count). The Hall–Kier alpha value is -5.76. The Kier molecular flexibility index (Phi) is 11.8. The van der Waals surface area contributed by atoms with E-state index < -0.39 is 48.4 Å². The Morgan fingerprint density at radius 3 is 2.29 bits per heavy atom. The van der Waals surface area contributed by atoms with Crippen molar-refractivity contribution in [2.75, 3.05) is 11.9 Å². The molecule has 0 saturated carbocycles. The lowest BCUT2D eigenvalue weighted by atomic mass is 10.0. The predicted molar refractivity (Wildman–Crippen MR) is 169 cm³/mol. The molecule has 0 spiro atoms. The van der Waals surface area contributed by atoms with Gasteiger partial charge in [0.05, 0.1) is 17.8 Å². The summed E-state index contributed by atoms with van der Waals surface area (Å²) >= 11 is 0. The van der Waals surface area contributed by atoms with E-state index in [1.54, 1.807) is 72.8 Å². The van der Waals surface area contributed by atoms with Crippen molar-refractivity contribution < 1.29 is 42.1 Å². The quantitative estimate of drug-likeness (QED) is 0.138. The zero-order valence-electron chi connectivity index (χ0n) is 25.4. The van der Waals surface area contributed by atoms with Gasteiger partial charge in [-0.05, 0) is 29.7 Å². The first-order valence-electron chi connectivity index (χ1n) is 14.5. The van der Waals surface area contributed by atoms with Gasteiger partial charge in [0.25, 0.3) is 5.56 Å². The molecule has 1 aromatic heterocycles. The molecular formula is C34H31F3N4O7. The molecule has 0 aliphatic heterocycles. The largest absolute Gasteiger partial charge is 0.458 e. The Morgan fingerprint density at radius 1 is 0.958 bits per heavy atom. The van der Waals surface area contributed by atoms with Gasteiger partial charge < -0.3 is 19.9 Å². The molecule has 2 unspecified atom stereocenters. The van der Waals surface area contributed by atoms with Crippen LogP contribution < -0.4 is 16.2 Å². The lowest BCUT2D eigenvalue weighted by Gasteiger charge is -2.26. The highest BCUT2D eigenvalue weighted by Crippen LogP contribution is 2.24. The third-order valence-electron chi connectivity index (χ3n) is 6.84. The highest BCUT2D eigenvalue weighted by Gasteiger charge is 2.44. The monoisotopic (exact) mass is 664 g/mol. The van der Waals surface area contributed by atoms with E-state index in [1.807, 2.05) is 0 Å². The third-order valence-corrected chi connectivity index (χ3v) is 6.84. The zero-order valence-corrected chi connectivity index (χ0v) is 25.4. The van der Waals surface area contributed by atoms with Crippen LogP contribution in [0.1, 0.15) is 21.5 Å². The lowest BCUT2D eigenvalue weighted by Crippen LogP contribution is -2.52. The number of benzene rings is 3. The summed E-state index contributed by atoms with van der Waals surface area (Å²) < 4.78 is 51.7. The van der Waals surface area contributed by atoms with Gasteiger partial charge in [0.2, 0.25) is 5.91 Å². The Morgan fingerprint density at radius 2 is 1.62 bits per heavy atom. The van der Waals surface area contributed by atoms with Gasteiger partial charge in [-0.2, -0.15) is 13.2 Å². The molecule has 0 aliphatic rings. The third kappa shape index (κ3) is 9.62. The number of esters is 1. The van der Waals surface area contributed by atoms with Gasteiger partial charge in [-0.3, -0.25) is 19.5 Å². The number of ether oxygens (including phenoxy) is 2. The summed E-state index contributed by atoms with van der Waals surface area (Å²) in [6.45, 7) is 2.40. The second-order valence-electron chi connectivity index (χ2n) is 10.4. The molecule has 11 nitrogen and oxygen atoms in total. The number of halogens is 3. The maximum Gasteiger partial charge on any atom is 0.416 e. The molecule has 3 N–H and O–H groups in total. The number of aliphatic hydroxyl groups excluding tert-OH is 1. The Labute approximate surface area is 272 Å². The molecule has 0 bridgehead atoms. The number of amides is 2. The summed E-state index contributed by atoms with van der Waals surface area (Å²) in [5, 5.41) is 14.5. The maximum atomic E-state index is 13.6. The van der Waals surface area contributed by atoms with Gasteiger partial charge in [-0.25, -0.2) is 14.6 Å². The average Bonchev–Trinajstić information content (AvgIpc) is 3.08. The average molecular weight is 665 g/mol. The minimum Gasteiger partial charge on any atom is -0.458 e. The standard InChI is InChI=1S/C34H31F3N4O7/c1-2-16-47-32(45)25-15-9-12-23(17-25)21-48-33(46)40-27-19-38-30(24-13-7-4-8-14-24)41(31(27)44)20-28(42)39-26(29(43)34(35,36)37)18-22-10-5-3-6-11-22/h2-15,17,19,26,29,43H,1,16,18,20-21H2,(H,39,42)(H,40,46). The minimum atomic E-state index is -5.04. The fraction of sp³-hybridized carbons (Fsp3) is 0.206. The number of hydrogen-bond donors (Lipinski definition) is 3. The zero-order chi connectivity index (χ0) is 34.7. The number of aliphatic hydroxyl groups is 1. The van der Waals surface area contributed by atoms with E-state index in [0.717, 1.165) is 10.8 Å². The SMILES string of the molecule is C=CCOC(=O)c1cccc(COC(=O)Nc2cnc(-c3ccccc3)n(CC(=O)NC(Cc3ccccc3)C(O)C(F)(F)F)c2=O)c1. The smallest absolute Gasteiger partial charge is 0.416 e. The summed E-state index contributed by atoms with van der Waals surface area (Å²) in [6.07, 6.45) is -6.88. The maximum absolute atomic E-state index is 13.6. The molecular weight excluding hydrogens is 633 g/mol. The van der Waals surface area contributed by atoms with Gasteiger partial charge >= 0.3 is 18.2 Å². The van der Waals surface area contributed by atoms with Crippen molar-refractivity contribution in [1.82, 2.24) is 14.9 Å². The van der Waals surface area contributed by atoms with E-state index in [0.29, 0.717) is 16.7 Å². The summed E-state index contributed by atoms with van der Waals surface area (Å²) in [4.78, 5) is 55.7. The minimum absolute atomic E-state index is 0.00852. The second-order valence-corrected chi connectivity index (χ2v) is 10.4. The topological polar surface area (TPSA) is 149 Å². The molecule has 2 atom stereocenters. The first kappa shape index (κ1) is 35.1. The van der Waals surface area contributed by atoms with Crippen LogP contribution in [0, 0.1) is 0 Å². The van der Waals surface area contributed by atoms with E-state index >= 15 is 0 Å². The molecule has 250 valence electrons. The normalized spacial score (nSPS) is 12.3. The summed E-state index contributed by atoms with van der Waals surface area (Å²) in [5.41, 5.74) is 0.201. The van der Waals surface area contributed by atoms with Crippen molar-refractivity contribution in [1.29, 1.82) is 0 Å². The fourth-order valence-electron chi connectivity index (χ4n) is 4.58. The Bertz CT molecular complexity index is 1800. The van der Waals surface area contributed by atoms with E-state index in [-0.39, 0.29) is 36.7 Å². The van der Waals surface area contributed by atoms with Gasteiger partial charge in [0, 0.05) is 5.56 Å². The fourth-order valence-corrected chi connectivity index (χ4v) is 4.58. The van der Waals surface area contributed by atoms with E-state index in [2.05, 4.69) is 22.2 Å². The van der Waals surface area contributed by atoms with Crippen LogP contribution in [-0.4, -0.2) is 57.6 Å². The van der Waals surface area contributed by atoms with Crippen molar-refractivity contribution in [2.24, 2.45) is 0 Å². The molecule has 0 saturated heterocycles. The highest BCUT2D eigenvalue weighted by molar-refractivity contribution is 5.89. The number of anilines is 1. The number of alkyl halides is 3. The van der Waals surface area contributed by atoms with Gasteiger partial charge in [-0.1, -0.05) is 85.5 Å². The van der Waals surface area contributed by atoms with E-state index in [9.17, 15) is 37.5 Å². The number of hydrogen-bond acceptors (Lipinski definition) is 8. The van der Waals surface area contributed by atoms with Crippen LogP contribution in [0.15, 0.2) is 109 Å². The molecule has 3 aromatic carbocycles. The molecule has 0 radical (unpaired) electrons. The number of rotatable bonds is 13. The van der Waals surface area contributed by atoms with E-state index in [4.69, 9.17) is 9.47 Å². The van der Waals surface area contributed by atoms with Crippen molar-refractivity contribution in [2.45, 2.75) is 37.9 Å². The second kappa shape index (κ2) is 16.2. The molecule has 4 aromatic rings. The predicted octanol–water partition coefficient (Wildman–Crippen LogP) is 4.65. The summed E-state index contributed by atoms with van der Waals surface area (Å²) in [7, 11) is 0. The van der Waals surface area contributed by atoms with Crippen LogP contribution in [0.4, 0.5) is 23.7 Å². The first-order valence-corrected chi connectivity index (χ1v) is 14.5. The number of carbonyl (C=O) groups is 3. The Balaban J connectivity index is 1.54. The summed E-state index contributed by atoms with van der Waals surface area (Å²) in [5.74, 6) is -1.63. The lowest BCUT2D eigenvalue weighted by molar-refractivity contribution is -0.212. The van der Waals surface area contributed by atoms with Crippen LogP contribution in [0.2, 0.25) is 0 Å². The van der Waals surface area contributed by atoms with Crippen LogP contribution in [-0.2, 0) is 33.8 Å². The van der Waals surface area contributed by atoms with E-state index in [1.165, 1.54) is 18.2 Å². The highest BCUT2D eigenvalue weighted by atomic mass is 19.4. The van der Waals surface area contributed by atoms with Gasteiger partial charge in [0.15, 0.2) is 6.10 Å². The van der Waals surface area contributed by atoms with Crippen molar-refractivity contribution in [3.63, 3.8) is 0 Å². The van der Waals surface area contributed by atoms with Crippen LogP contribution >= 0.6 is 0 Å². The molecule has 0 aliphatic carbocycles. The van der Waals surface area contributed by atoms with Crippen LogP contribution in [0.25, 0.3) is 11.4 Å². The van der Waals surface area contributed by atoms with Crippen LogP contribution in [0.3, 0.4) is 0 Å². The van der Waals surface area contributed by atoms with Crippen molar-refractivity contribution in [3.8, 4) is 11.4 Å². The van der Waals surface area contributed by atoms with Crippen molar-refractivity contribution in [3.05, 3.63) is 131 Å². The number of nitrogens with zero attached hydrogens (tertiary/aromatic N) is 2.